The molecule has 1 amide bonds. The Balaban J connectivity index is 1.53. The van der Waals surface area contributed by atoms with Crippen molar-refractivity contribution < 1.29 is 18.3 Å². The molecule has 1 unspecified atom stereocenters. The van der Waals surface area contributed by atoms with Gasteiger partial charge in [-0.05, 0) is 60.9 Å². The number of hydrogen-bond acceptors (Lipinski definition) is 4. The molecule has 0 N–H and O–H groups in total. The molecule has 6 heteroatoms. The third-order valence-electron chi connectivity index (χ3n) is 6.85. The summed E-state index contributed by atoms with van der Waals surface area (Å²) in [5.74, 6) is 0.0981. The number of fused-ring (bicyclic) bond motifs is 2. The van der Waals surface area contributed by atoms with Gasteiger partial charge in [0.2, 0.25) is 5.76 Å². The first kappa shape index (κ1) is 24.8. The lowest BCUT2D eigenvalue weighted by atomic mass is 9.98. The number of rotatable bonds is 9. The van der Waals surface area contributed by atoms with Crippen LogP contribution in [0.25, 0.3) is 11.0 Å². The fourth-order valence-corrected chi connectivity index (χ4v) is 4.90. The van der Waals surface area contributed by atoms with E-state index in [2.05, 4.69) is 6.92 Å². The van der Waals surface area contributed by atoms with Crippen LogP contribution in [0.5, 0.6) is 5.75 Å². The van der Waals surface area contributed by atoms with Gasteiger partial charge in [-0.25, -0.2) is 4.39 Å². The van der Waals surface area contributed by atoms with E-state index >= 15 is 0 Å². The molecule has 0 radical (unpaired) electrons. The molecule has 0 bridgehead atoms. The molecular formula is C31H30FNO4. The second-order valence-corrected chi connectivity index (χ2v) is 9.61. The number of carbonyl (C=O) groups excluding carboxylic acids is 1. The molecule has 5 nitrogen and oxygen atoms in total. The van der Waals surface area contributed by atoms with E-state index in [1.165, 1.54) is 25.0 Å². The molecule has 1 aliphatic heterocycles. The summed E-state index contributed by atoms with van der Waals surface area (Å²) in [6, 6.07) is 18.3. The van der Waals surface area contributed by atoms with E-state index in [1.807, 2.05) is 37.3 Å². The Bertz CT molecular complexity index is 1470. The van der Waals surface area contributed by atoms with Crippen molar-refractivity contribution in [2.45, 2.75) is 52.1 Å². The average molecular weight is 500 g/mol. The average Bonchev–Trinajstić information content (AvgIpc) is 3.17. The lowest BCUT2D eigenvalue weighted by Gasteiger charge is -2.25. The van der Waals surface area contributed by atoms with Gasteiger partial charge in [-0.3, -0.25) is 9.59 Å². The van der Waals surface area contributed by atoms with E-state index in [1.54, 1.807) is 29.2 Å². The van der Waals surface area contributed by atoms with Gasteiger partial charge in [0.25, 0.3) is 5.91 Å². The molecule has 5 rings (SSSR count). The number of ether oxygens (including phenoxy) is 1. The number of hydrogen-bond donors (Lipinski definition) is 0. The number of aryl methyl sites for hydroxylation is 1. The van der Waals surface area contributed by atoms with Crippen LogP contribution in [0.2, 0.25) is 0 Å². The summed E-state index contributed by atoms with van der Waals surface area (Å²) >= 11 is 0. The summed E-state index contributed by atoms with van der Waals surface area (Å²) < 4.78 is 25.4. The molecule has 1 atom stereocenters. The number of unbranched alkanes of at least 4 members (excludes halogenated alkanes) is 3. The van der Waals surface area contributed by atoms with Crippen LogP contribution in [0.3, 0.4) is 0 Å². The van der Waals surface area contributed by atoms with Crippen molar-refractivity contribution in [3.63, 3.8) is 0 Å². The minimum Gasteiger partial charge on any atom is -0.494 e. The van der Waals surface area contributed by atoms with Crippen LogP contribution in [0, 0.1) is 12.7 Å². The second-order valence-electron chi connectivity index (χ2n) is 9.61. The summed E-state index contributed by atoms with van der Waals surface area (Å²) in [6.07, 6.45) is 4.50. The minimum atomic E-state index is -0.632. The Morgan fingerprint density at radius 2 is 1.70 bits per heavy atom. The summed E-state index contributed by atoms with van der Waals surface area (Å²) in [5.41, 5.74) is 2.98. The van der Waals surface area contributed by atoms with Crippen LogP contribution in [0.1, 0.15) is 71.5 Å². The summed E-state index contributed by atoms with van der Waals surface area (Å²) in [6.45, 7) is 4.94. The Labute approximate surface area is 215 Å². The van der Waals surface area contributed by atoms with Gasteiger partial charge in [-0.15, -0.1) is 0 Å². The van der Waals surface area contributed by atoms with Gasteiger partial charge >= 0.3 is 0 Å². The molecule has 0 fully saturated rings. The van der Waals surface area contributed by atoms with Crippen LogP contribution in [0.15, 0.2) is 75.9 Å². The van der Waals surface area contributed by atoms with Crippen molar-refractivity contribution in [1.82, 2.24) is 4.90 Å². The fraction of sp³-hybridized carbons (Fsp3) is 0.290. The quantitative estimate of drug-likeness (QED) is 0.234. The van der Waals surface area contributed by atoms with Crippen LogP contribution >= 0.6 is 0 Å². The molecule has 0 aliphatic carbocycles. The maximum atomic E-state index is 13.7. The zero-order valence-electron chi connectivity index (χ0n) is 21.1. The van der Waals surface area contributed by atoms with Crippen molar-refractivity contribution in [2.75, 3.05) is 6.61 Å². The number of nitrogens with zero attached hydrogens (tertiary/aromatic N) is 1. The van der Waals surface area contributed by atoms with E-state index in [9.17, 15) is 14.0 Å². The van der Waals surface area contributed by atoms with Crippen LogP contribution in [-0.4, -0.2) is 17.4 Å². The molecule has 1 aliphatic rings. The molecule has 0 spiro atoms. The molecule has 190 valence electrons. The third kappa shape index (κ3) is 5.01. The highest BCUT2D eigenvalue weighted by Crippen LogP contribution is 2.39. The van der Waals surface area contributed by atoms with Gasteiger partial charge in [0.1, 0.15) is 17.1 Å². The first-order chi connectivity index (χ1) is 18.0. The van der Waals surface area contributed by atoms with Gasteiger partial charge in [0.15, 0.2) is 5.43 Å². The normalized spacial score (nSPS) is 14.8. The predicted molar refractivity (Wildman–Crippen MR) is 141 cm³/mol. The van der Waals surface area contributed by atoms with Crippen molar-refractivity contribution in [3.8, 4) is 5.75 Å². The molecule has 4 aromatic rings. The Hall–Kier alpha value is -3.93. The largest absolute Gasteiger partial charge is 0.494 e. The zero-order chi connectivity index (χ0) is 25.9. The standard InChI is InChI=1S/C31H30FNO4/c1-3-4-5-6-17-36-24-14-10-22(11-15-24)28-27-29(34)25-18-20(2)7-16-26(25)37-30(27)31(35)33(28)19-21-8-12-23(32)13-9-21/h7-16,18,28H,3-6,17,19H2,1-2H3. The molecule has 1 aromatic heterocycles. The van der Waals surface area contributed by atoms with E-state index in [0.717, 1.165) is 35.3 Å². The molecule has 2 heterocycles. The Morgan fingerprint density at radius 3 is 2.43 bits per heavy atom. The number of carbonyl (C=O) groups is 1. The van der Waals surface area contributed by atoms with Crippen molar-refractivity contribution >= 4 is 16.9 Å². The van der Waals surface area contributed by atoms with Gasteiger partial charge in [0, 0.05) is 6.54 Å². The minimum absolute atomic E-state index is 0.0599. The van der Waals surface area contributed by atoms with E-state index in [-0.39, 0.29) is 29.5 Å². The molecule has 3 aromatic carbocycles. The number of halogens is 1. The fourth-order valence-electron chi connectivity index (χ4n) is 4.90. The highest BCUT2D eigenvalue weighted by molar-refractivity contribution is 5.99. The Morgan fingerprint density at radius 1 is 0.946 bits per heavy atom. The number of benzene rings is 3. The maximum Gasteiger partial charge on any atom is 0.291 e. The SMILES string of the molecule is CCCCCCOc1ccc(C2c3c(oc4ccc(C)cc4c3=O)C(=O)N2Cc2ccc(F)cc2)cc1. The van der Waals surface area contributed by atoms with E-state index in [0.29, 0.717) is 23.1 Å². The highest BCUT2D eigenvalue weighted by Gasteiger charge is 2.42. The van der Waals surface area contributed by atoms with Gasteiger partial charge in [-0.1, -0.05) is 62.1 Å². The predicted octanol–water partition coefficient (Wildman–Crippen LogP) is 6.95. The summed E-state index contributed by atoms with van der Waals surface area (Å²) in [5, 5.41) is 0.451. The first-order valence-electron chi connectivity index (χ1n) is 12.8. The molecule has 0 saturated carbocycles. The van der Waals surface area contributed by atoms with Crippen molar-refractivity contribution in [2.24, 2.45) is 0 Å². The van der Waals surface area contributed by atoms with Crippen LogP contribution in [-0.2, 0) is 6.54 Å². The Kier molecular flexibility index (Phi) is 7.08. The molecular weight excluding hydrogens is 469 g/mol. The van der Waals surface area contributed by atoms with E-state index < -0.39 is 6.04 Å². The van der Waals surface area contributed by atoms with Gasteiger partial charge < -0.3 is 14.1 Å². The van der Waals surface area contributed by atoms with Gasteiger partial charge in [-0.2, -0.15) is 0 Å². The summed E-state index contributed by atoms with van der Waals surface area (Å²) in [7, 11) is 0. The number of amides is 1. The topological polar surface area (TPSA) is 59.8 Å². The molecule has 37 heavy (non-hydrogen) atoms. The van der Waals surface area contributed by atoms with Crippen LogP contribution < -0.4 is 10.2 Å². The highest BCUT2D eigenvalue weighted by atomic mass is 19.1. The third-order valence-corrected chi connectivity index (χ3v) is 6.85. The smallest absolute Gasteiger partial charge is 0.291 e. The van der Waals surface area contributed by atoms with Gasteiger partial charge in [0.05, 0.1) is 23.6 Å². The zero-order valence-corrected chi connectivity index (χ0v) is 21.1. The van der Waals surface area contributed by atoms with E-state index in [4.69, 9.17) is 9.15 Å². The second kappa shape index (κ2) is 10.6. The lowest BCUT2D eigenvalue weighted by Crippen LogP contribution is -2.29. The monoisotopic (exact) mass is 499 g/mol. The molecule has 0 saturated heterocycles. The lowest BCUT2D eigenvalue weighted by molar-refractivity contribution is 0.0714. The summed E-state index contributed by atoms with van der Waals surface area (Å²) in [4.78, 5) is 28.9. The maximum absolute atomic E-state index is 13.7. The first-order valence-corrected chi connectivity index (χ1v) is 12.8. The van der Waals surface area contributed by atoms with Crippen molar-refractivity contribution in [3.05, 3.63) is 111 Å². The van der Waals surface area contributed by atoms with Crippen LogP contribution in [0.4, 0.5) is 4.39 Å². The van der Waals surface area contributed by atoms with Crippen molar-refractivity contribution in [1.29, 1.82) is 0 Å².